The molecule has 0 bridgehead atoms. The van der Waals surface area contributed by atoms with Crippen molar-refractivity contribution in [3.63, 3.8) is 0 Å². The number of carbonyl (C=O) groups is 1. The first-order chi connectivity index (χ1) is 6.77. The van der Waals surface area contributed by atoms with E-state index in [-0.39, 0.29) is 0 Å². The van der Waals surface area contributed by atoms with Crippen molar-refractivity contribution in [3.05, 3.63) is 23.7 Å². The zero-order chi connectivity index (χ0) is 9.71. The fourth-order valence-corrected chi connectivity index (χ4v) is 1.80. The third-order valence-corrected chi connectivity index (χ3v) is 2.61. The molecule has 14 heavy (non-hydrogen) atoms. The molecule has 1 amide bonds. The second kappa shape index (κ2) is 2.37. The van der Waals surface area contributed by atoms with E-state index in [1.807, 2.05) is 0 Å². The Hall–Kier alpha value is -1.78. The third kappa shape index (κ3) is 0.891. The fourth-order valence-electron chi connectivity index (χ4n) is 1.80. The predicted molar refractivity (Wildman–Crippen MR) is 50.0 cm³/mol. The normalized spacial score (nSPS) is 16.3. The molecule has 0 radical (unpaired) electrons. The predicted octanol–water partition coefficient (Wildman–Crippen LogP) is 0.639. The molecular formula is C9H10N4O. The number of H-pyrrole nitrogens is 1. The molecule has 2 heterocycles. The number of aromatic nitrogens is 3. The maximum Gasteiger partial charge on any atom is 0.254 e. The van der Waals surface area contributed by atoms with E-state index in [1.54, 1.807) is 16.9 Å². The number of hydrogen-bond acceptors (Lipinski definition) is 2. The van der Waals surface area contributed by atoms with Crippen molar-refractivity contribution in [2.45, 2.75) is 18.8 Å². The van der Waals surface area contributed by atoms with Gasteiger partial charge >= 0.3 is 0 Å². The van der Waals surface area contributed by atoms with Crippen LogP contribution in [-0.4, -0.2) is 20.5 Å². The van der Waals surface area contributed by atoms with Crippen LogP contribution in [-0.2, 0) is 0 Å². The number of hydrogen-bond donors (Lipinski definition) is 2. The second-order valence-corrected chi connectivity index (χ2v) is 3.66. The van der Waals surface area contributed by atoms with E-state index in [9.17, 15) is 4.79 Å². The Kier molecular flexibility index (Phi) is 1.29. The van der Waals surface area contributed by atoms with Crippen molar-refractivity contribution < 1.29 is 4.79 Å². The number of fused-ring (bicyclic) bond motifs is 1. The van der Waals surface area contributed by atoms with Gasteiger partial charge in [-0.3, -0.25) is 9.89 Å². The molecule has 1 saturated carbocycles. The molecule has 2 aromatic rings. The number of carbonyl (C=O) groups excluding carboxylic acids is 1. The van der Waals surface area contributed by atoms with Gasteiger partial charge in [-0.25, -0.2) is 9.50 Å². The molecule has 0 unspecified atom stereocenters. The van der Waals surface area contributed by atoms with Crippen LogP contribution in [0, 0.1) is 0 Å². The van der Waals surface area contributed by atoms with Crippen LogP contribution in [0.2, 0.25) is 0 Å². The van der Waals surface area contributed by atoms with Gasteiger partial charge in [-0.2, -0.15) is 0 Å². The Morgan fingerprint density at radius 3 is 3.07 bits per heavy atom. The van der Waals surface area contributed by atoms with Gasteiger partial charge in [-0.1, -0.05) is 0 Å². The van der Waals surface area contributed by atoms with Crippen LogP contribution in [0.1, 0.15) is 34.8 Å². The largest absolute Gasteiger partial charge is 0.365 e. The zero-order valence-corrected chi connectivity index (χ0v) is 7.53. The Balaban J connectivity index is 2.31. The van der Waals surface area contributed by atoms with Gasteiger partial charge < -0.3 is 5.73 Å². The average Bonchev–Trinajstić information content (AvgIpc) is 2.75. The van der Waals surface area contributed by atoms with Gasteiger partial charge in [0.05, 0.1) is 5.69 Å². The second-order valence-electron chi connectivity index (χ2n) is 3.66. The van der Waals surface area contributed by atoms with Gasteiger partial charge in [0.1, 0.15) is 5.56 Å². The minimum absolute atomic E-state index is 0.399. The summed E-state index contributed by atoms with van der Waals surface area (Å²) in [5, 5.41) is 3.14. The molecule has 0 aromatic carbocycles. The highest BCUT2D eigenvalue weighted by Crippen LogP contribution is 2.41. The third-order valence-electron chi connectivity index (χ3n) is 2.61. The van der Waals surface area contributed by atoms with Crippen LogP contribution < -0.4 is 5.73 Å². The van der Waals surface area contributed by atoms with Gasteiger partial charge in [0.15, 0.2) is 5.65 Å². The van der Waals surface area contributed by atoms with E-state index in [2.05, 4.69) is 10.1 Å². The number of nitrogens with one attached hydrogen (secondary N) is 1. The van der Waals surface area contributed by atoms with Crippen LogP contribution in [0.3, 0.4) is 0 Å². The summed E-state index contributed by atoms with van der Waals surface area (Å²) in [5.74, 6) is 0.0727. The summed E-state index contributed by atoms with van der Waals surface area (Å²) < 4.78 is 1.74. The van der Waals surface area contributed by atoms with Gasteiger partial charge in [0.25, 0.3) is 5.91 Å². The molecular weight excluding hydrogens is 180 g/mol. The Morgan fingerprint density at radius 2 is 2.43 bits per heavy atom. The fraction of sp³-hybridized carbons (Fsp3) is 0.333. The maximum atomic E-state index is 11.3. The number of nitrogens with two attached hydrogens (primary N) is 1. The first-order valence-electron chi connectivity index (χ1n) is 4.62. The zero-order valence-electron chi connectivity index (χ0n) is 7.53. The standard InChI is InChI=1S/C9H10N4O/c10-8(14)6-7(5-1-2-5)12-13-4-3-11-9(6)13/h3-5,12H,1-2H2,(H2,10,14). The number of nitrogens with zero attached hydrogens (tertiary/aromatic N) is 2. The molecule has 0 atom stereocenters. The lowest BCUT2D eigenvalue weighted by Crippen LogP contribution is -2.12. The van der Waals surface area contributed by atoms with Crippen LogP contribution in [0.25, 0.3) is 5.65 Å². The van der Waals surface area contributed by atoms with E-state index < -0.39 is 5.91 Å². The van der Waals surface area contributed by atoms with E-state index in [0.29, 0.717) is 17.1 Å². The molecule has 5 nitrogen and oxygen atoms in total. The molecule has 1 aliphatic carbocycles. The highest BCUT2D eigenvalue weighted by molar-refractivity contribution is 6.00. The van der Waals surface area contributed by atoms with E-state index >= 15 is 0 Å². The summed E-state index contributed by atoms with van der Waals surface area (Å²) >= 11 is 0. The minimum Gasteiger partial charge on any atom is -0.365 e. The van der Waals surface area contributed by atoms with Crippen LogP contribution >= 0.6 is 0 Å². The van der Waals surface area contributed by atoms with Crippen LogP contribution in [0.15, 0.2) is 12.4 Å². The number of amides is 1. The Bertz CT molecular complexity index is 506. The minimum atomic E-state index is -0.399. The number of rotatable bonds is 2. The lowest BCUT2D eigenvalue weighted by atomic mass is 10.1. The van der Waals surface area contributed by atoms with Gasteiger partial charge in [0, 0.05) is 18.3 Å². The molecule has 0 saturated heterocycles. The van der Waals surface area contributed by atoms with Crippen molar-refractivity contribution in [1.82, 2.24) is 14.6 Å². The lowest BCUT2D eigenvalue weighted by molar-refractivity contribution is 0.100. The van der Waals surface area contributed by atoms with E-state index in [4.69, 9.17) is 5.73 Å². The molecule has 3 rings (SSSR count). The molecule has 2 aromatic heterocycles. The quantitative estimate of drug-likeness (QED) is 0.729. The van der Waals surface area contributed by atoms with Gasteiger partial charge in [0.2, 0.25) is 0 Å². The van der Waals surface area contributed by atoms with E-state index in [1.165, 1.54) is 0 Å². The van der Waals surface area contributed by atoms with Crippen molar-refractivity contribution in [3.8, 4) is 0 Å². The highest BCUT2D eigenvalue weighted by Gasteiger charge is 2.31. The van der Waals surface area contributed by atoms with Crippen molar-refractivity contribution in [2.24, 2.45) is 5.73 Å². The summed E-state index contributed by atoms with van der Waals surface area (Å²) in [7, 11) is 0. The summed E-state index contributed by atoms with van der Waals surface area (Å²) in [6.07, 6.45) is 5.69. The number of imidazole rings is 1. The summed E-state index contributed by atoms with van der Waals surface area (Å²) in [4.78, 5) is 15.4. The molecule has 72 valence electrons. The molecule has 1 aliphatic rings. The van der Waals surface area contributed by atoms with Gasteiger partial charge in [-0.15, -0.1) is 0 Å². The maximum absolute atomic E-state index is 11.3. The highest BCUT2D eigenvalue weighted by atomic mass is 16.1. The monoisotopic (exact) mass is 190 g/mol. The topological polar surface area (TPSA) is 76.2 Å². The molecule has 5 heteroatoms. The smallest absolute Gasteiger partial charge is 0.254 e. The van der Waals surface area contributed by atoms with Crippen LogP contribution in [0.5, 0.6) is 0 Å². The van der Waals surface area contributed by atoms with Gasteiger partial charge in [-0.05, 0) is 12.8 Å². The lowest BCUT2D eigenvalue weighted by Gasteiger charge is -1.94. The molecule has 0 spiro atoms. The number of primary amides is 1. The average molecular weight is 190 g/mol. The number of aromatic amines is 1. The summed E-state index contributed by atoms with van der Waals surface area (Å²) in [6.45, 7) is 0. The van der Waals surface area contributed by atoms with Crippen molar-refractivity contribution >= 4 is 11.6 Å². The molecule has 3 N–H and O–H groups in total. The summed E-state index contributed by atoms with van der Waals surface area (Å²) in [6, 6.07) is 0. The van der Waals surface area contributed by atoms with Crippen LogP contribution in [0.4, 0.5) is 0 Å². The molecule has 0 aliphatic heterocycles. The van der Waals surface area contributed by atoms with Crippen molar-refractivity contribution in [1.29, 1.82) is 0 Å². The Labute approximate surface area is 79.9 Å². The first kappa shape index (κ1) is 7.61. The summed E-state index contributed by atoms with van der Waals surface area (Å²) in [5.41, 5.74) is 7.47. The molecule has 1 fully saturated rings. The first-order valence-corrected chi connectivity index (χ1v) is 4.62. The Morgan fingerprint density at radius 1 is 1.64 bits per heavy atom. The van der Waals surface area contributed by atoms with E-state index in [0.717, 1.165) is 18.5 Å². The SMILES string of the molecule is NC(=O)c1c(C2CC2)[nH]n2ccnc12. The van der Waals surface area contributed by atoms with Crippen molar-refractivity contribution in [2.75, 3.05) is 0 Å².